The Labute approximate surface area is 146 Å². The molecule has 1 amide bonds. The quantitative estimate of drug-likeness (QED) is 0.863. The number of aliphatic carboxylic acids is 1. The SMILES string of the molecule is O=C(O)Cn1nccc1[C@@H]1CCCN(C(=O)CCc2ccccn2)C1. The Balaban J connectivity index is 1.60. The second-order valence-electron chi connectivity index (χ2n) is 6.31. The van der Waals surface area contributed by atoms with E-state index in [1.54, 1.807) is 12.4 Å². The third-order valence-corrected chi connectivity index (χ3v) is 4.55. The molecule has 3 heterocycles. The number of carbonyl (C=O) groups is 2. The van der Waals surface area contributed by atoms with Crippen molar-refractivity contribution in [3.05, 3.63) is 48.0 Å². The Morgan fingerprint density at radius 2 is 2.12 bits per heavy atom. The lowest BCUT2D eigenvalue weighted by Crippen LogP contribution is -2.39. The molecule has 0 radical (unpaired) electrons. The van der Waals surface area contributed by atoms with E-state index in [0.717, 1.165) is 30.8 Å². The molecule has 0 aromatic carbocycles. The first-order valence-electron chi connectivity index (χ1n) is 8.54. The number of hydrogen-bond acceptors (Lipinski definition) is 4. The van der Waals surface area contributed by atoms with Gasteiger partial charge in [-0.15, -0.1) is 0 Å². The van der Waals surface area contributed by atoms with E-state index in [-0.39, 0.29) is 18.4 Å². The maximum absolute atomic E-state index is 12.5. The zero-order valence-electron chi connectivity index (χ0n) is 14.0. The number of rotatable bonds is 6. The lowest BCUT2D eigenvalue weighted by Gasteiger charge is -2.33. The molecule has 1 N–H and O–H groups in total. The topological polar surface area (TPSA) is 88.3 Å². The van der Waals surface area contributed by atoms with Crippen LogP contribution in [-0.2, 0) is 22.6 Å². The largest absolute Gasteiger partial charge is 0.480 e. The molecule has 1 fully saturated rings. The average Bonchev–Trinajstić information content (AvgIpc) is 3.08. The van der Waals surface area contributed by atoms with Gasteiger partial charge in [0.25, 0.3) is 0 Å². The van der Waals surface area contributed by atoms with Crippen molar-refractivity contribution in [2.75, 3.05) is 13.1 Å². The van der Waals surface area contributed by atoms with Crippen LogP contribution in [0.1, 0.15) is 36.6 Å². The summed E-state index contributed by atoms with van der Waals surface area (Å²) < 4.78 is 1.52. The lowest BCUT2D eigenvalue weighted by atomic mass is 9.94. The van der Waals surface area contributed by atoms with Crippen LogP contribution in [0.25, 0.3) is 0 Å². The van der Waals surface area contributed by atoms with Gasteiger partial charge in [-0.05, 0) is 37.5 Å². The summed E-state index contributed by atoms with van der Waals surface area (Å²) >= 11 is 0. The minimum atomic E-state index is -0.913. The first-order chi connectivity index (χ1) is 12.1. The van der Waals surface area contributed by atoms with Crippen LogP contribution in [-0.4, -0.2) is 49.7 Å². The number of nitrogens with zero attached hydrogens (tertiary/aromatic N) is 4. The molecule has 3 rings (SSSR count). The fourth-order valence-corrected chi connectivity index (χ4v) is 3.33. The van der Waals surface area contributed by atoms with Gasteiger partial charge in [-0.3, -0.25) is 19.3 Å². The summed E-state index contributed by atoms with van der Waals surface area (Å²) in [7, 11) is 0. The summed E-state index contributed by atoms with van der Waals surface area (Å²) in [5.74, 6) is -0.655. The van der Waals surface area contributed by atoms with Crippen LogP contribution in [0, 0.1) is 0 Å². The number of aryl methyl sites for hydroxylation is 1. The molecule has 0 saturated carbocycles. The molecule has 0 unspecified atom stereocenters. The Kier molecular flexibility index (Phi) is 5.42. The molecule has 132 valence electrons. The van der Waals surface area contributed by atoms with E-state index in [9.17, 15) is 9.59 Å². The van der Waals surface area contributed by atoms with Gasteiger partial charge in [-0.25, -0.2) is 0 Å². The molecule has 2 aromatic rings. The van der Waals surface area contributed by atoms with E-state index < -0.39 is 5.97 Å². The fourth-order valence-electron chi connectivity index (χ4n) is 3.33. The van der Waals surface area contributed by atoms with Gasteiger partial charge in [-0.1, -0.05) is 6.07 Å². The summed E-state index contributed by atoms with van der Waals surface area (Å²) in [5, 5.41) is 13.1. The molecule has 2 aromatic heterocycles. The molecule has 25 heavy (non-hydrogen) atoms. The third-order valence-electron chi connectivity index (χ3n) is 4.55. The second kappa shape index (κ2) is 7.92. The average molecular weight is 342 g/mol. The van der Waals surface area contributed by atoms with E-state index in [0.29, 0.717) is 19.4 Å². The highest BCUT2D eigenvalue weighted by molar-refractivity contribution is 5.76. The second-order valence-corrected chi connectivity index (χ2v) is 6.31. The van der Waals surface area contributed by atoms with E-state index in [1.165, 1.54) is 4.68 Å². The molecule has 7 heteroatoms. The van der Waals surface area contributed by atoms with Crippen molar-refractivity contribution in [2.45, 2.75) is 38.1 Å². The van der Waals surface area contributed by atoms with Crippen molar-refractivity contribution < 1.29 is 14.7 Å². The third kappa shape index (κ3) is 4.43. The summed E-state index contributed by atoms with van der Waals surface area (Å²) in [6.45, 7) is 1.23. The maximum atomic E-state index is 12.5. The first kappa shape index (κ1) is 17.1. The van der Waals surface area contributed by atoms with E-state index >= 15 is 0 Å². The molecule has 1 aliphatic heterocycles. The number of carboxylic acid groups (broad SMARTS) is 1. The molecule has 0 aliphatic carbocycles. The lowest BCUT2D eigenvalue weighted by molar-refractivity contribution is -0.138. The summed E-state index contributed by atoms with van der Waals surface area (Å²) in [6, 6.07) is 7.57. The van der Waals surface area contributed by atoms with Gasteiger partial charge >= 0.3 is 5.97 Å². The molecule has 1 saturated heterocycles. The summed E-state index contributed by atoms with van der Waals surface area (Å²) in [5.41, 5.74) is 1.81. The van der Waals surface area contributed by atoms with E-state index in [2.05, 4.69) is 10.1 Å². The van der Waals surface area contributed by atoms with Crippen LogP contribution in [0.15, 0.2) is 36.7 Å². The van der Waals surface area contributed by atoms with Crippen molar-refractivity contribution >= 4 is 11.9 Å². The van der Waals surface area contributed by atoms with E-state index in [4.69, 9.17) is 5.11 Å². The number of piperidine rings is 1. The fraction of sp³-hybridized carbons (Fsp3) is 0.444. The number of hydrogen-bond donors (Lipinski definition) is 1. The summed E-state index contributed by atoms with van der Waals surface area (Å²) in [4.78, 5) is 29.6. The normalized spacial score (nSPS) is 17.4. The zero-order chi connectivity index (χ0) is 17.6. The van der Waals surface area contributed by atoms with Crippen LogP contribution in [0.2, 0.25) is 0 Å². The van der Waals surface area contributed by atoms with Crippen molar-refractivity contribution in [2.24, 2.45) is 0 Å². The van der Waals surface area contributed by atoms with E-state index in [1.807, 2.05) is 29.2 Å². The molecular weight excluding hydrogens is 320 g/mol. The number of pyridine rings is 1. The minimum absolute atomic E-state index is 0.125. The first-order valence-corrected chi connectivity index (χ1v) is 8.54. The minimum Gasteiger partial charge on any atom is -0.480 e. The Hall–Kier alpha value is -2.70. The van der Waals surface area contributed by atoms with Gasteiger partial charge in [0.05, 0.1) is 0 Å². The number of carbonyl (C=O) groups excluding carboxylic acids is 1. The van der Waals surface area contributed by atoms with Gasteiger partial charge in [-0.2, -0.15) is 5.10 Å². The predicted molar refractivity (Wildman–Crippen MR) is 91.0 cm³/mol. The predicted octanol–water partition coefficient (Wildman–Crippen LogP) is 1.70. The van der Waals surface area contributed by atoms with Crippen LogP contribution < -0.4 is 0 Å². The number of carboxylic acids is 1. The standard InChI is InChI=1S/C18H22N4O3/c23-17(7-6-15-5-1-2-9-19-15)21-11-3-4-14(12-21)16-8-10-20-22(16)13-18(24)25/h1-2,5,8-10,14H,3-4,6-7,11-13H2,(H,24,25)/t14-/m1/s1. The Morgan fingerprint density at radius 1 is 1.24 bits per heavy atom. The van der Waals surface area contributed by atoms with Crippen molar-refractivity contribution in [1.29, 1.82) is 0 Å². The van der Waals surface area contributed by atoms with Crippen LogP contribution in [0.5, 0.6) is 0 Å². The van der Waals surface area contributed by atoms with Gasteiger partial charge in [0.15, 0.2) is 0 Å². The van der Waals surface area contributed by atoms with Crippen molar-refractivity contribution in [3.8, 4) is 0 Å². The maximum Gasteiger partial charge on any atom is 0.325 e. The number of amides is 1. The Morgan fingerprint density at radius 3 is 2.88 bits per heavy atom. The molecular formula is C18H22N4O3. The molecule has 0 bridgehead atoms. The molecule has 1 atom stereocenters. The van der Waals surface area contributed by atoms with Crippen molar-refractivity contribution in [1.82, 2.24) is 19.7 Å². The highest BCUT2D eigenvalue weighted by atomic mass is 16.4. The van der Waals surface area contributed by atoms with Gasteiger partial charge < -0.3 is 10.0 Å². The van der Waals surface area contributed by atoms with Crippen molar-refractivity contribution in [3.63, 3.8) is 0 Å². The molecule has 7 nitrogen and oxygen atoms in total. The zero-order valence-corrected chi connectivity index (χ0v) is 14.0. The van der Waals surface area contributed by atoms with Gasteiger partial charge in [0.1, 0.15) is 6.54 Å². The highest BCUT2D eigenvalue weighted by Gasteiger charge is 2.27. The van der Waals surface area contributed by atoms with Gasteiger partial charge in [0, 0.05) is 49.2 Å². The monoisotopic (exact) mass is 342 g/mol. The van der Waals surface area contributed by atoms with Crippen LogP contribution >= 0.6 is 0 Å². The van der Waals surface area contributed by atoms with Crippen LogP contribution in [0.3, 0.4) is 0 Å². The smallest absolute Gasteiger partial charge is 0.325 e. The summed E-state index contributed by atoms with van der Waals surface area (Å²) in [6.07, 6.45) is 6.30. The Bertz CT molecular complexity index is 729. The van der Waals surface area contributed by atoms with Crippen LogP contribution in [0.4, 0.5) is 0 Å². The number of aromatic nitrogens is 3. The van der Waals surface area contributed by atoms with Gasteiger partial charge in [0.2, 0.25) is 5.91 Å². The number of likely N-dealkylation sites (tertiary alicyclic amines) is 1. The molecule has 1 aliphatic rings. The highest BCUT2D eigenvalue weighted by Crippen LogP contribution is 2.27. The molecule has 0 spiro atoms.